The highest BCUT2D eigenvalue weighted by atomic mass is 16.2. The van der Waals surface area contributed by atoms with Crippen LogP contribution in [-0.2, 0) is 0 Å². The molecule has 3 N–H and O–H groups in total. The molecule has 0 saturated carbocycles. The second-order valence-corrected chi connectivity index (χ2v) is 21.5. The van der Waals surface area contributed by atoms with Crippen LogP contribution in [0.3, 0.4) is 0 Å². The first-order chi connectivity index (χ1) is 34.0. The number of nitrogens with one attached hydrogen (secondary N) is 3. The molecular weight excluding hydrogens is 847 g/mol. The third-order valence-electron chi connectivity index (χ3n) is 14.7. The minimum atomic E-state index is -0.213. The van der Waals surface area contributed by atoms with Gasteiger partial charge in [-0.05, 0) is 37.5 Å². The second kappa shape index (κ2) is 52.0. The maximum atomic E-state index is 13.4. The molecule has 0 spiro atoms. The number of carbonyl (C=O) groups is 3. The van der Waals surface area contributed by atoms with Gasteiger partial charge in [0.15, 0.2) is 0 Å². The molecule has 1 aromatic rings. The van der Waals surface area contributed by atoms with E-state index in [4.69, 9.17) is 0 Å². The number of rotatable bonds is 54. The molecule has 0 heterocycles. The summed E-state index contributed by atoms with van der Waals surface area (Å²) in [6.45, 7) is 8.67. The van der Waals surface area contributed by atoms with Crippen LogP contribution in [0.2, 0.25) is 0 Å². The summed E-state index contributed by atoms with van der Waals surface area (Å²) in [5.41, 5.74) is 1.15. The van der Waals surface area contributed by atoms with Gasteiger partial charge < -0.3 is 16.0 Å². The molecular formula is C63H117N3O3. The van der Waals surface area contributed by atoms with Gasteiger partial charge in [-0.2, -0.15) is 0 Å². The molecule has 0 fully saturated rings. The van der Waals surface area contributed by atoms with Crippen LogP contribution in [0.4, 0.5) is 0 Å². The highest BCUT2D eigenvalue weighted by Gasteiger charge is 2.16. The average molecular weight is 965 g/mol. The number of carbonyl (C=O) groups excluding carboxylic acids is 3. The van der Waals surface area contributed by atoms with Crippen molar-refractivity contribution < 1.29 is 14.4 Å². The lowest BCUT2D eigenvalue weighted by molar-refractivity contribution is 0.0952. The van der Waals surface area contributed by atoms with Crippen LogP contribution in [-0.4, -0.2) is 37.4 Å². The number of benzene rings is 1. The Labute approximate surface area is 429 Å². The fourth-order valence-electron chi connectivity index (χ4n) is 9.95. The van der Waals surface area contributed by atoms with Gasteiger partial charge in [0.1, 0.15) is 0 Å². The first kappa shape index (κ1) is 64.6. The van der Waals surface area contributed by atoms with Crippen LogP contribution in [0.1, 0.15) is 360 Å². The summed E-state index contributed by atoms with van der Waals surface area (Å²) in [5, 5.41) is 9.26. The molecule has 1 aromatic carbocycles. The van der Waals surface area contributed by atoms with Crippen LogP contribution in [0.25, 0.3) is 0 Å². The Bertz CT molecular complexity index is 1120. The van der Waals surface area contributed by atoms with Crippen molar-refractivity contribution in [2.75, 3.05) is 19.6 Å². The Morgan fingerprint density at radius 1 is 0.232 bits per heavy atom. The van der Waals surface area contributed by atoms with E-state index in [1.807, 2.05) is 0 Å². The minimum Gasteiger partial charge on any atom is -0.352 e. The van der Waals surface area contributed by atoms with Crippen molar-refractivity contribution >= 4 is 17.7 Å². The number of unbranched alkanes of at least 4 members (excludes halogenated alkanes) is 45. The second-order valence-electron chi connectivity index (χ2n) is 21.5. The topological polar surface area (TPSA) is 87.3 Å². The Morgan fingerprint density at radius 2 is 0.362 bits per heavy atom. The van der Waals surface area contributed by atoms with E-state index in [0.717, 1.165) is 38.5 Å². The highest BCUT2D eigenvalue weighted by Crippen LogP contribution is 2.18. The quantitative estimate of drug-likeness (QED) is 0.0569. The number of hydrogen-bond acceptors (Lipinski definition) is 3. The zero-order valence-corrected chi connectivity index (χ0v) is 46.5. The minimum absolute atomic E-state index is 0.213. The third-order valence-corrected chi connectivity index (χ3v) is 14.7. The van der Waals surface area contributed by atoms with Crippen molar-refractivity contribution in [2.24, 2.45) is 0 Å². The Balaban J connectivity index is 2.43. The molecule has 3 amide bonds. The van der Waals surface area contributed by atoms with Crippen molar-refractivity contribution in [3.8, 4) is 0 Å². The summed E-state index contributed by atoms with van der Waals surface area (Å²) in [4.78, 5) is 40.3. The maximum absolute atomic E-state index is 13.4. The van der Waals surface area contributed by atoms with Gasteiger partial charge in [-0.15, -0.1) is 0 Å². The fraction of sp³-hybridized carbons (Fsp3) is 0.857. The van der Waals surface area contributed by atoms with E-state index < -0.39 is 0 Å². The Kier molecular flexibility index (Phi) is 48.7. The first-order valence-corrected chi connectivity index (χ1v) is 31.0. The summed E-state index contributed by atoms with van der Waals surface area (Å²) in [6.07, 6.45) is 63.3. The molecule has 69 heavy (non-hydrogen) atoms. The number of hydrogen-bond donors (Lipinski definition) is 3. The van der Waals surface area contributed by atoms with Gasteiger partial charge in [-0.1, -0.05) is 310 Å². The van der Waals surface area contributed by atoms with Crippen molar-refractivity contribution in [1.82, 2.24) is 16.0 Å². The van der Waals surface area contributed by atoms with Crippen LogP contribution in [0.5, 0.6) is 0 Å². The van der Waals surface area contributed by atoms with Crippen molar-refractivity contribution in [2.45, 2.75) is 329 Å². The Morgan fingerprint density at radius 3 is 0.507 bits per heavy atom. The molecule has 6 heteroatoms. The van der Waals surface area contributed by atoms with Crippen LogP contribution >= 0.6 is 0 Å². The fourth-order valence-corrected chi connectivity index (χ4v) is 9.95. The largest absolute Gasteiger partial charge is 0.352 e. The molecule has 402 valence electrons. The summed E-state index contributed by atoms with van der Waals surface area (Å²) < 4.78 is 0. The van der Waals surface area contributed by atoms with Crippen LogP contribution in [0.15, 0.2) is 18.2 Å². The van der Waals surface area contributed by atoms with E-state index in [9.17, 15) is 14.4 Å². The van der Waals surface area contributed by atoms with Crippen molar-refractivity contribution in [3.63, 3.8) is 0 Å². The summed E-state index contributed by atoms with van der Waals surface area (Å²) >= 11 is 0. The molecule has 0 aromatic heterocycles. The maximum Gasteiger partial charge on any atom is 0.251 e. The lowest BCUT2D eigenvalue weighted by Crippen LogP contribution is -2.29. The molecule has 0 unspecified atom stereocenters. The Hall–Kier alpha value is -2.37. The molecule has 0 bridgehead atoms. The van der Waals surface area contributed by atoms with Gasteiger partial charge in [0.05, 0.1) is 0 Å². The van der Waals surface area contributed by atoms with E-state index in [2.05, 4.69) is 36.7 Å². The van der Waals surface area contributed by atoms with E-state index in [0.29, 0.717) is 36.3 Å². The summed E-state index contributed by atoms with van der Waals surface area (Å²) in [5.74, 6) is -0.638. The monoisotopic (exact) mass is 964 g/mol. The van der Waals surface area contributed by atoms with Gasteiger partial charge in [0, 0.05) is 36.3 Å². The van der Waals surface area contributed by atoms with E-state index in [1.165, 1.54) is 270 Å². The smallest absolute Gasteiger partial charge is 0.251 e. The number of amides is 3. The van der Waals surface area contributed by atoms with Crippen molar-refractivity contribution in [3.05, 3.63) is 34.9 Å². The standard InChI is InChI=1S/C63H117N3O3/c1-4-7-10-13-16-19-22-25-28-31-34-37-40-43-46-49-52-64-61(67)58-55-59(62(68)65-53-50-47-44-41-38-35-32-29-26-23-20-17-14-11-8-5-2)57-60(56-58)63(69)66-54-51-48-45-42-39-36-33-30-27-24-21-18-15-12-9-6-3/h55-57H,4-54H2,1-3H3,(H,64,67)(H,65,68)(H,66,69). The molecule has 6 nitrogen and oxygen atoms in total. The predicted molar refractivity (Wildman–Crippen MR) is 302 cm³/mol. The predicted octanol–water partition coefficient (Wildman–Crippen LogP) is 19.7. The zero-order valence-electron chi connectivity index (χ0n) is 46.5. The van der Waals surface area contributed by atoms with Gasteiger partial charge in [0.25, 0.3) is 17.7 Å². The molecule has 0 atom stereocenters. The normalized spacial score (nSPS) is 11.3. The molecule has 0 saturated heterocycles. The zero-order chi connectivity index (χ0) is 49.8. The molecule has 0 aliphatic carbocycles. The molecule has 0 radical (unpaired) electrons. The first-order valence-electron chi connectivity index (χ1n) is 31.0. The van der Waals surface area contributed by atoms with Crippen LogP contribution in [0, 0.1) is 0 Å². The average Bonchev–Trinajstić information content (AvgIpc) is 3.36. The summed E-state index contributed by atoms with van der Waals surface area (Å²) in [6, 6.07) is 4.99. The lowest BCUT2D eigenvalue weighted by Gasteiger charge is -2.12. The molecule has 0 aliphatic heterocycles. The molecule has 0 aliphatic rings. The van der Waals surface area contributed by atoms with Gasteiger partial charge in [-0.25, -0.2) is 0 Å². The van der Waals surface area contributed by atoms with E-state index in [-0.39, 0.29) is 17.7 Å². The SMILES string of the molecule is CCCCCCCCCCCCCCCCCCNC(=O)c1cc(C(=O)NCCCCCCCCCCCCCCCCCC)cc(C(=O)NCCCCCCCCCCCCCCCCCC)c1. The highest BCUT2D eigenvalue weighted by molar-refractivity contribution is 6.04. The third kappa shape index (κ3) is 43.0. The lowest BCUT2D eigenvalue weighted by atomic mass is 10.0. The molecule has 1 rings (SSSR count). The van der Waals surface area contributed by atoms with Gasteiger partial charge in [0.2, 0.25) is 0 Å². The van der Waals surface area contributed by atoms with Crippen molar-refractivity contribution in [1.29, 1.82) is 0 Å². The van der Waals surface area contributed by atoms with Gasteiger partial charge in [-0.3, -0.25) is 14.4 Å². The summed E-state index contributed by atoms with van der Waals surface area (Å²) in [7, 11) is 0. The van der Waals surface area contributed by atoms with Gasteiger partial charge >= 0.3 is 0 Å². The van der Waals surface area contributed by atoms with E-state index >= 15 is 0 Å². The van der Waals surface area contributed by atoms with E-state index in [1.54, 1.807) is 18.2 Å². The van der Waals surface area contributed by atoms with Crippen LogP contribution < -0.4 is 16.0 Å².